The van der Waals surface area contributed by atoms with Crippen molar-refractivity contribution in [1.29, 1.82) is 0 Å². The Balaban J connectivity index is 1.70. The molecule has 2 rings (SSSR count). The van der Waals surface area contributed by atoms with E-state index in [0.29, 0.717) is 0 Å². The summed E-state index contributed by atoms with van der Waals surface area (Å²) in [7, 11) is 0. The first-order valence-electron chi connectivity index (χ1n) is 5.31. The quantitative estimate of drug-likeness (QED) is 0.799. The van der Waals surface area contributed by atoms with E-state index in [1.165, 1.54) is 11.1 Å². The average molecular weight is 252 g/mol. The van der Waals surface area contributed by atoms with E-state index in [9.17, 15) is 0 Å². The van der Waals surface area contributed by atoms with Crippen LogP contribution in [0.2, 0.25) is 5.02 Å². The maximum Gasteiger partial charge on any atom is 0.0406 e. The first-order chi connectivity index (χ1) is 7.84. The Morgan fingerprint density at radius 2 is 1.88 bits per heavy atom. The van der Waals surface area contributed by atoms with E-state index in [0.717, 1.165) is 24.5 Å². The monoisotopic (exact) mass is 251 g/mol. The molecular weight excluding hydrogens is 238 g/mol. The number of benzene rings is 1. The maximum atomic E-state index is 5.83. The van der Waals surface area contributed by atoms with Crippen molar-refractivity contribution in [1.82, 2.24) is 5.32 Å². The zero-order valence-corrected chi connectivity index (χ0v) is 10.5. The molecule has 0 amide bonds. The van der Waals surface area contributed by atoms with Gasteiger partial charge in [-0.2, -0.15) is 11.3 Å². The van der Waals surface area contributed by atoms with Gasteiger partial charge in [0.1, 0.15) is 0 Å². The van der Waals surface area contributed by atoms with Gasteiger partial charge in [-0.15, -0.1) is 0 Å². The molecule has 0 aliphatic rings. The first-order valence-corrected chi connectivity index (χ1v) is 6.63. The van der Waals surface area contributed by atoms with E-state index < -0.39 is 0 Å². The largest absolute Gasteiger partial charge is 0.312 e. The van der Waals surface area contributed by atoms with Gasteiger partial charge in [-0.1, -0.05) is 23.7 Å². The highest BCUT2D eigenvalue weighted by Crippen LogP contribution is 2.09. The molecule has 0 spiro atoms. The normalized spacial score (nSPS) is 10.6. The lowest BCUT2D eigenvalue weighted by atomic mass is 10.1. The fourth-order valence-electron chi connectivity index (χ4n) is 1.51. The van der Waals surface area contributed by atoms with Crippen LogP contribution in [0.15, 0.2) is 41.1 Å². The van der Waals surface area contributed by atoms with E-state index in [4.69, 9.17) is 11.6 Å². The number of hydrogen-bond acceptors (Lipinski definition) is 2. The van der Waals surface area contributed by atoms with Crippen LogP contribution in [0.3, 0.4) is 0 Å². The van der Waals surface area contributed by atoms with E-state index >= 15 is 0 Å². The van der Waals surface area contributed by atoms with Crippen LogP contribution < -0.4 is 5.32 Å². The Hall–Kier alpha value is -0.830. The highest BCUT2D eigenvalue weighted by atomic mass is 35.5. The van der Waals surface area contributed by atoms with Gasteiger partial charge < -0.3 is 5.32 Å². The van der Waals surface area contributed by atoms with Crippen LogP contribution in [0.5, 0.6) is 0 Å². The molecule has 0 fully saturated rings. The molecule has 1 nitrogen and oxygen atoms in total. The molecule has 3 heteroatoms. The summed E-state index contributed by atoms with van der Waals surface area (Å²) in [6.07, 6.45) is 1.04. The molecule has 0 saturated carbocycles. The van der Waals surface area contributed by atoms with Crippen LogP contribution in [0, 0.1) is 0 Å². The van der Waals surface area contributed by atoms with Gasteiger partial charge in [-0.3, -0.25) is 0 Å². The molecule has 1 N–H and O–H groups in total. The summed E-state index contributed by atoms with van der Waals surface area (Å²) in [6.45, 7) is 1.95. The molecule has 0 saturated heterocycles. The van der Waals surface area contributed by atoms with Crippen molar-refractivity contribution in [3.63, 3.8) is 0 Å². The summed E-state index contributed by atoms with van der Waals surface area (Å²) in [6, 6.07) is 10.2. The van der Waals surface area contributed by atoms with Gasteiger partial charge in [0.2, 0.25) is 0 Å². The van der Waals surface area contributed by atoms with E-state index in [-0.39, 0.29) is 0 Å². The molecule has 1 heterocycles. The number of hydrogen-bond donors (Lipinski definition) is 1. The minimum atomic E-state index is 0.801. The summed E-state index contributed by atoms with van der Waals surface area (Å²) >= 11 is 7.57. The molecule has 0 atom stereocenters. The molecule has 0 aliphatic carbocycles. The van der Waals surface area contributed by atoms with Crippen molar-refractivity contribution >= 4 is 22.9 Å². The molecule has 0 radical (unpaired) electrons. The van der Waals surface area contributed by atoms with Crippen LogP contribution in [-0.2, 0) is 13.0 Å². The lowest BCUT2D eigenvalue weighted by Crippen LogP contribution is -2.16. The Morgan fingerprint density at radius 1 is 1.06 bits per heavy atom. The third kappa shape index (κ3) is 3.63. The smallest absolute Gasteiger partial charge is 0.0406 e. The fraction of sp³-hybridized carbons (Fsp3) is 0.231. The van der Waals surface area contributed by atoms with Crippen LogP contribution in [0.1, 0.15) is 11.1 Å². The van der Waals surface area contributed by atoms with Crippen molar-refractivity contribution in [2.45, 2.75) is 13.0 Å². The number of halogens is 1. The predicted octanol–water partition coefficient (Wildman–Crippen LogP) is 3.73. The minimum Gasteiger partial charge on any atom is -0.312 e. The predicted molar refractivity (Wildman–Crippen MR) is 71.2 cm³/mol. The van der Waals surface area contributed by atoms with Crippen molar-refractivity contribution in [2.75, 3.05) is 6.54 Å². The van der Waals surface area contributed by atoms with Crippen molar-refractivity contribution in [3.8, 4) is 0 Å². The first kappa shape index (κ1) is 11.6. The Bertz CT molecular complexity index is 408. The van der Waals surface area contributed by atoms with E-state index in [1.807, 2.05) is 12.1 Å². The van der Waals surface area contributed by atoms with Crippen molar-refractivity contribution < 1.29 is 0 Å². The zero-order chi connectivity index (χ0) is 11.2. The van der Waals surface area contributed by atoms with Gasteiger partial charge in [0.25, 0.3) is 0 Å². The molecule has 84 valence electrons. The Kier molecular flexibility index (Phi) is 4.40. The van der Waals surface area contributed by atoms with Crippen molar-refractivity contribution in [3.05, 3.63) is 57.2 Å². The second-order valence-corrected chi connectivity index (χ2v) is 4.90. The molecule has 2 aromatic rings. The Labute approximate surface area is 105 Å². The van der Waals surface area contributed by atoms with E-state index in [1.54, 1.807) is 11.3 Å². The van der Waals surface area contributed by atoms with Crippen molar-refractivity contribution in [2.24, 2.45) is 0 Å². The lowest BCUT2D eigenvalue weighted by Gasteiger charge is -2.03. The zero-order valence-electron chi connectivity index (χ0n) is 8.95. The molecule has 16 heavy (non-hydrogen) atoms. The van der Waals surface area contributed by atoms with Gasteiger partial charge in [0.15, 0.2) is 0 Å². The van der Waals surface area contributed by atoms with Crippen LogP contribution >= 0.6 is 22.9 Å². The highest BCUT2D eigenvalue weighted by Gasteiger charge is 1.94. The number of thiophene rings is 1. The van der Waals surface area contributed by atoms with Gasteiger partial charge in [0, 0.05) is 11.6 Å². The standard InChI is InChI=1S/C13H14ClNS/c14-13-3-1-11(2-4-13)5-7-15-9-12-6-8-16-10-12/h1-4,6,8,10,15H,5,7,9H2. The van der Waals surface area contributed by atoms with Gasteiger partial charge in [-0.05, 0) is 53.1 Å². The van der Waals surface area contributed by atoms with E-state index in [2.05, 4.69) is 34.3 Å². The summed E-state index contributed by atoms with van der Waals surface area (Å²) in [5.74, 6) is 0. The average Bonchev–Trinajstić information content (AvgIpc) is 2.80. The Morgan fingerprint density at radius 3 is 2.56 bits per heavy atom. The molecule has 0 aliphatic heterocycles. The summed E-state index contributed by atoms with van der Waals surface area (Å²) in [4.78, 5) is 0. The van der Waals surface area contributed by atoms with Gasteiger partial charge in [-0.25, -0.2) is 0 Å². The summed E-state index contributed by atoms with van der Waals surface area (Å²) in [5.41, 5.74) is 2.68. The van der Waals surface area contributed by atoms with Crippen LogP contribution in [0.4, 0.5) is 0 Å². The second kappa shape index (κ2) is 6.04. The SMILES string of the molecule is Clc1ccc(CCNCc2ccsc2)cc1. The molecule has 0 unspecified atom stereocenters. The van der Waals surface area contributed by atoms with Crippen LogP contribution in [0.25, 0.3) is 0 Å². The number of nitrogens with one attached hydrogen (secondary N) is 1. The summed E-state index contributed by atoms with van der Waals surface area (Å²) in [5, 5.41) is 8.51. The summed E-state index contributed by atoms with van der Waals surface area (Å²) < 4.78 is 0. The van der Waals surface area contributed by atoms with Crippen LogP contribution in [-0.4, -0.2) is 6.54 Å². The second-order valence-electron chi connectivity index (χ2n) is 3.68. The fourth-order valence-corrected chi connectivity index (χ4v) is 2.30. The molecule has 0 bridgehead atoms. The maximum absolute atomic E-state index is 5.83. The molecular formula is C13H14ClNS. The topological polar surface area (TPSA) is 12.0 Å². The van der Waals surface area contributed by atoms with Gasteiger partial charge in [0.05, 0.1) is 0 Å². The molecule has 1 aromatic carbocycles. The van der Waals surface area contributed by atoms with Gasteiger partial charge >= 0.3 is 0 Å². The lowest BCUT2D eigenvalue weighted by molar-refractivity contribution is 0.688. The third-order valence-corrected chi connectivity index (χ3v) is 3.40. The highest BCUT2D eigenvalue weighted by molar-refractivity contribution is 7.07. The third-order valence-electron chi connectivity index (χ3n) is 2.41. The minimum absolute atomic E-state index is 0.801. The molecule has 1 aromatic heterocycles. The number of rotatable bonds is 5.